The lowest BCUT2D eigenvalue weighted by molar-refractivity contribution is 0.879. The van der Waals surface area contributed by atoms with Gasteiger partial charge >= 0.3 is 0 Å². The Morgan fingerprint density at radius 1 is 1.05 bits per heavy atom. The zero-order valence-corrected chi connectivity index (χ0v) is 12.6. The molecule has 100 valence electrons. The summed E-state index contributed by atoms with van der Waals surface area (Å²) in [6.07, 6.45) is 1.01. The number of benzene rings is 2. The highest BCUT2D eigenvalue weighted by Crippen LogP contribution is 2.28. The third-order valence-corrected chi connectivity index (χ3v) is 3.95. The summed E-state index contributed by atoms with van der Waals surface area (Å²) in [4.78, 5) is 0. The van der Waals surface area contributed by atoms with Crippen molar-refractivity contribution in [2.45, 2.75) is 26.3 Å². The van der Waals surface area contributed by atoms with Gasteiger partial charge in [0.05, 0.1) is 10.0 Å². The van der Waals surface area contributed by atoms with E-state index in [1.54, 1.807) is 0 Å². The lowest BCUT2D eigenvalue weighted by Gasteiger charge is -2.18. The van der Waals surface area contributed by atoms with Crippen molar-refractivity contribution in [2.75, 3.05) is 5.32 Å². The summed E-state index contributed by atoms with van der Waals surface area (Å²) < 4.78 is 0. The number of anilines is 1. The molecule has 2 aromatic carbocycles. The maximum atomic E-state index is 6.06. The molecule has 2 aromatic rings. The topological polar surface area (TPSA) is 12.0 Å². The molecule has 0 saturated heterocycles. The third-order valence-electron chi connectivity index (χ3n) is 3.21. The minimum Gasteiger partial charge on any atom is -0.378 e. The Hall–Kier alpha value is -1.18. The van der Waals surface area contributed by atoms with E-state index in [1.165, 1.54) is 11.3 Å². The Labute approximate surface area is 124 Å². The van der Waals surface area contributed by atoms with E-state index >= 15 is 0 Å². The molecule has 0 spiro atoms. The maximum Gasteiger partial charge on any atom is 0.0595 e. The molecule has 0 aliphatic heterocycles. The second-order valence-corrected chi connectivity index (χ2v) is 5.36. The molecule has 0 bridgehead atoms. The minimum absolute atomic E-state index is 0.183. The van der Waals surface area contributed by atoms with E-state index in [2.05, 4.69) is 37.4 Å². The van der Waals surface area contributed by atoms with Crippen LogP contribution in [-0.2, 0) is 6.42 Å². The van der Waals surface area contributed by atoms with Crippen molar-refractivity contribution >= 4 is 28.9 Å². The van der Waals surface area contributed by atoms with Crippen LogP contribution in [-0.4, -0.2) is 0 Å². The molecule has 0 aliphatic rings. The Balaban J connectivity index is 2.20. The van der Waals surface area contributed by atoms with Crippen molar-refractivity contribution in [1.29, 1.82) is 0 Å². The highest BCUT2D eigenvalue weighted by Gasteiger charge is 2.09. The SMILES string of the molecule is CCc1ccccc1NC(C)c1ccc(Cl)c(Cl)c1. The lowest BCUT2D eigenvalue weighted by Crippen LogP contribution is -2.08. The largest absolute Gasteiger partial charge is 0.378 e. The zero-order valence-electron chi connectivity index (χ0n) is 11.1. The average Bonchev–Trinajstić information content (AvgIpc) is 2.42. The quantitative estimate of drug-likeness (QED) is 0.759. The lowest BCUT2D eigenvalue weighted by atomic mass is 10.1. The Kier molecular flexibility index (Phi) is 4.73. The highest BCUT2D eigenvalue weighted by molar-refractivity contribution is 6.42. The molecule has 0 heterocycles. The van der Waals surface area contributed by atoms with Crippen molar-refractivity contribution in [3.8, 4) is 0 Å². The summed E-state index contributed by atoms with van der Waals surface area (Å²) in [5.41, 5.74) is 3.61. The summed E-state index contributed by atoms with van der Waals surface area (Å²) in [5.74, 6) is 0. The molecule has 19 heavy (non-hydrogen) atoms. The molecule has 0 radical (unpaired) electrons. The van der Waals surface area contributed by atoms with Crippen molar-refractivity contribution < 1.29 is 0 Å². The van der Waals surface area contributed by atoms with E-state index < -0.39 is 0 Å². The molecule has 3 heteroatoms. The third kappa shape index (κ3) is 3.43. The first-order chi connectivity index (χ1) is 9.11. The number of para-hydroxylation sites is 1. The predicted molar refractivity (Wildman–Crippen MR) is 84.3 cm³/mol. The Morgan fingerprint density at radius 2 is 1.79 bits per heavy atom. The molecule has 0 saturated carbocycles. The van der Waals surface area contributed by atoms with Crippen LogP contribution >= 0.6 is 23.2 Å². The maximum absolute atomic E-state index is 6.06. The van der Waals surface area contributed by atoms with E-state index in [1.807, 2.05) is 24.3 Å². The molecule has 0 aliphatic carbocycles. The zero-order chi connectivity index (χ0) is 13.8. The van der Waals surface area contributed by atoms with E-state index in [0.717, 1.165) is 12.0 Å². The summed E-state index contributed by atoms with van der Waals surface area (Å²) in [5, 5.41) is 4.71. The Bertz CT molecular complexity index is 566. The molecule has 2 rings (SSSR count). The van der Waals surface area contributed by atoms with Crippen molar-refractivity contribution in [2.24, 2.45) is 0 Å². The van der Waals surface area contributed by atoms with Gasteiger partial charge in [-0.1, -0.05) is 54.4 Å². The van der Waals surface area contributed by atoms with Gasteiger partial charge in [0.2, 0.25) is 0 Å². The average molecular weight is 294 g/mol. The van der Waals surface area contributed by atoms with Crippen LogP contribution in [0.4, 0.5) is 5.69 Å². The molecule has 1 nitrogen and oxygen atoms in total. The van der Waals surface area contributed by atoms with Gasteiger partial charge in [0, 0.05) is 11.7 Å². The van der Waals surface area contributed by atoms with Crippen LogP contribution in [0.3, 0.4) is 0 Å². The van der Waals surface area contributed by atoms with Crippen LogP contribution < -0.4 is 5.32 Å². The standard InChI is InChI=1S/C16H17Cl2N/c1-3-12-6-4-5-7-16(12)19-11(2)13-8-9-14(17)15(18)10-13/h4-11,19H,3H2,1-2H3. The van der Waals surface area contributed by atoms with Crippen LogP contribution in [0, 0.1) is 0 Å². The van der Waals surface area contributed by atoms with E-state index in [4.69, 9.17) is 23.2 Å². The summed E-state index contributed by atoms with van der Waals surface area (Å²) in [6, 6.07) is 14.3. The van der Waals surface area contributed by atoms with Gasteiger partial charge in [0.15, 0.2) is 0 Å². The van der Waals surface area contributed by atoms with Crippen LogP contribution in [0.5, 0.6) is 0 Å². The van der Waals surface area contributed by atoms with Gasteiger partial charge in [-0.15, -0.1) is 0 Å². The van der Waals surface area contributed by atoms with Gasteiger partial charge in [-0.05, 0) is 42.7 Å². The summed E-state index contributed by atoms with van der Waals surface area (Å²) in [6.45, 7) is 4.27. The number of halogens is 2. The number of hydrogen-bond donors (Lipinski definition) is 1. The van der Waals surface area contributed by atoms with Crippen LogP contribution in [0.2, 0.25) is 10.0 Å². The fourth-order valence-corrected chi connectivity index (χ4v) is 2.37. The monoisotopic (exact) mass is 293 g/mol. The minimum atomic E-state index is 0.183. The number of nitrogens with one attached hydrogen (secondary N) is 1. The molecular weight excluding hydrogens is 277 g/mol. The molecule has 0 aromatic heterocycles. The number of rotatable bonds is 4. The summed E-state index contributed by atoms with van der Waals surface area (Å²) in [7, 11) is 0. The number of hydrogen-bond acceptors (Lipinski definition) is 1. The van der Waals surface area contributed by atoms with E-state index in [0.29, 0.717) is 10.0 Å². The highest BCUT2D eigenvalue weighted by atomic mass is 35.5. The van der Waals surface area contributed by atoms with E-state index in [-0.39, 0.29) is 6.04 Å². The molecule has 1 N–H and O–H groups in total. The Morgan fingerprint density at radius 3 is 2.47 bits per heavy atom. The molecule has 1 unspecified atom stereocenters. The first-order valence-electron chi connectivity index (χ1n) is 6.41. The summed E-state index contributed by atoms with van der Waals surface area (Å²) >= 11 is 12.0. The number of aryl methyl sites for hydroxylation is 1. The molecule has 1 atom stereocenters. The molecular formula is C16H17Cl2N. The predicted octanol–water partition coefficient (Wildman–Crippen LogP) is 5.73. The van der Waals surface area contributed by atoms with Gasteiger partial charge in [0.25, 0.3) is 0 Å². The van der Waals surface area contributed by atoms with Crippen LogP contribution in [0.25, 0.3) is 0 Å². The second kappa shape index (κ2) is 6.31. The second-order valence-electron chi connectivity index (χ2n) is 4.55. The van der Waals surface area contributed by atoms with Gasteiger partial charge in [-0.25, -0.2) is 0 Å². The van der Waals surface area contributed by atoms with Gasteiger partial charge in [0.1, 0.15) is 0 Å². The van der Waals surface area contributed by atoms with Gasteiger partial charge in [-0.3, -0.25) is 0 Å². The first kappa shape index (κ1) is 14.2. The van der Waals surface area contributed by atoms with Crippen molar-refractivity contribution in [3.63, 3.8) is 0 Å². The van der Waals surface area contributed by atoms with Crippen molar-refractivity contribution in [1.82, 2.24) is 0 Å². The van der Waals surface area contributed by atoms with Crippen molar-refractivity contribution in [3.05, 3.63) is 63.6 Å². The van der Waals surface area contributed by atoms with Crippen LogP contribution in [0.1, 0.15) is 31.0 Å². The first-order valence-corrected chi connectivity index (χ1v) is 7.16. The van der Waals surface area contributed by atoms with E-state index in [9.17, 15) is 0 Å². The van der Waals surface area contributed by atoms with Gasteiger partial charge in [-0.2, -0.15) is 0 Å². The molecule has 0 amide bonds. The normalized spacial score (nSPS) is 12.2. The van der Waals surface area contributed by atoms with Gasteiger partial charge < -0.3 is 5.32 Å². The fraction of sp³-hybridized carbons (Fsp3) is 0.250. The molecule has 0 fully saturated rings. The van der Waals surface area contributed by atoms with Crippen LogP contribution in [0.15, 0.2) is 42.5 Å². The smallest absolute Gasteiger partial charge is 0.0595 e. The fourth-order valence-electron chi connectivity index (χ4n) is 2.07.